The van der Waals surface area contributed by atoms with Crippen molar-refractivity contribution >= 4 is 0 Å². The molecule has 1 aromatic rings. The Morgan fingerprint density at radius 1 is 1.23 bits per heavy atom. The fourth-order valence-electron chi connectivity index (χ4n) is 1.62. The van der Waals surface area contributed by atoms with E-state index in [0.717, 1.165) is 5.56 Å². The molecule has 1 radical (unpaired) electrons. The van der Waals surface area contributed by atoms with Crippen molar-refractivity contribution in [3.05, 3.63) is 47.5 Å². The zero-order valence-corrected chi connectivity index (χ0v) is 8.94. The van der Waals surface area contributed by atoms with Crippen LogP contribution >= 0.6 is 0 Å². The van der Waals surface area contributed by atoms with Gasteiger partial charge in [0.25, 0.3) is 0 Å². The SMILES string of the molecule is C=[C]c1ccc(C(C)(C)C)c(C)c1. The molecule has 0 heteroatoms. The first-order valence-electron chi connectivity index (χ1n) is 4.59. The van der Waals surface area contributed by atoms with Gasteiger partial charge in [0.2, 0.25) is 0 Å². The van der Waals surface area contributed by atoms with Gasteiger partial charge < -0.3 is 0 Å². The summed E-state index contributed by atoms with van der Waals surface area (Å²) in [5, 5.41) is 0. The lowest BCUT2D eigenvalue weighted by Gasteiger charge is -2.21. The summed E-state index contributed by atoms with van der Waals surface area (Å²) in [7, 11) is 0. The Bertz CT molecular complexity index is 313. The van der Waals surface area contributed by atoms with Crippen LogP contribution in [0.2, 0.25) is 0 Å². The van der Waals surface area contributed by atoms with Gasteiger partial charge in [0, 0.05) is 0 Å². The Kier molecular flexibility index (Phi) is 2.60. The standard InChI is InChI=1S/C13H17/c1-6-11-7-8-12(10(2)9-11)13(3,4)5/h7-9H,1H2,2-5H3. The maximum absolute atomic E-state index is 3.64. The summed E-state index contributed by atoms with van der Waals surface area (Å²) in [5.41, 5.74) is 4.02. The van der Waals surface area contributed by atoms with Crippen LogP contribution in [0.25, 0.3) is 0 Å². The van der Waals surface area contributed by atoms with E-state index in [9.17, 15) is 0 Å². The molecule has 0 aliphatic rings. The Balaban J connectivity index is 3.20. The van der Waals surface area contributed by atoms with E-state index < -0.39 is 0 Å². The van der Waals surface area contributed by atoms with Gasteiger partial charge in [0.1, 0.15) is 0 Å². The number of hydrogen-bond acceptors (Lipinski definition) is 0. The van der Waals surface area contributed by atoms with Gasteiger partial charge in [0.15, 0.2) is 0 Å². The first kappa shape index (κ1) is 10.0. The van der Waals surface area contributed by atoms with E-state index in [4.69, 9.17) is 0 Å². The molecule has 0 saturated carbocycles. The minimum atomic E-state index is 0.226. The third kappa shape index (κ3) is 2.21. The van der Waals surface area contributed by atoms with Crippen molar-refractivity contribution in [1.29, 1.82) is 0 Å². The molecule has 0 amide bonds. The summed E-state index contributed by atoms with van der Waals surface area (Å²) >= 11 is 0. The van der Waals surface area contributed by atoms with Crippen LogP contribution in [0.3, 0.4) is 0 Å². The van der Waals surface area contributed by atoms with Gasteiger partial charge in [-0.2, -0.15) is 0 Å². The third-order valence-electron chi connectivity index (χ3n) is 2.24. The van der Waals surface area contributed by atoms with Gasteiger partial charge in [0.05, 0.1) is 0 Å². The van der Waals surface area contributed by atoms with Gasteiger partial charge in [-0.3, -0.25) is 0 Å². The molecule has 0 fully saturated rings. The Hall–Kier alpha value is -1.04. The normalized spacial score (nSPS) is 11.4. The summed E-state index contributed by atoms with van der Waals surface area (Å²) < 4.78 is 0. The maximum atomic E-state index is 3.64. The summed E-state index contributed by atoms with van der Waals surface area (Å²) in [6, 6.07) is 6.37. The lowest BCUT2D eigenvalue weighted by atomic mass is 9.83. The average Bonchev–Trinajstić information content (AvgIpc) is 2.01. The highest BCUT2D eigenvalue weighted by molar-refractivity contribution is 5.37. The highest BCUT2D eigenvalue weighted by Gasteiger charge is 2.15. The molecule has 0 heterocycles. The van der Waals surface area contributed by atoms with Crippen LogP contribution in [-0.2, 0) is 5.41 Å². The lowest BCUT2D eigenvalue weighted by molar-refractivity contribution is 0.586. The van der Waals surface area contributed by atoms with E-state index in [-0.39, 0.29) is 5.41 Å². The summed E-state index contributed by atoms with van der Waals surface area (Å²) in [6.45, 7) is 12.5. The van der Waals surface area contributed by atoms with Crippen LogP contribution in [0.1, 0.15) is 37.5 Å². The van der Waals surface area contributed by atoms with Gasteiger partial charge in [-0.05, 0) is 35.1 Å². The quantitative estimate of drug-likeness (QED) is 0.608. The van der Waals surface area contributed by atoms with Crippen LogP contribution in [-0.4, -0.2) is 0 Å². The van der Waals surface area contributed by atoms with Crippen LogP contribution < -0.4 is 0 Å². The third-order valence-corrected chi connectivity index (χ3v) is 2.24. The number of hydrogen-bond donors (Lipinski definition) is 0. The van der Waals surface area contributed by atoms with Crippen molar-refractivity contribution in [2.45, 2.75) is 33.1 Å². The average molecular weight is 173 g/mol. The number of rotatable bonds is 1. The smallest absolute Gasteiger partial charge is 0.0129 e. The number of benzene rings is 1. The molecule has 1 rings (SSSR count). The molecule has 1 aromatic carbocycles. The lowest BCUT2D eigenvalue weighted by Crippen LogP contribution is -2.12. The molecular weight excluding hydrogens is 156 g/mol. The molecular formula is C13H17. The largest absolute Gasteiger partial charge is 0.0906 e. The predicted molar refractivity (Wildman–Crippen MR) is 57.9 cm³/mol. The second-order valence-electron chi connectivity index (χ2n) is 4.46. The predicted octanol–water partition coefficient (Wildman–Crippen LogP) is 3.63. The van der Waals surface area contributed by atoms with Crippen molar-refractivity contribution < 1.29 is 0 Å². The fourth-order valence-corrected chi connectivity index (χ4v) is 1.62. The molecule has 0 bridgehead atoms. The fraction of sp³-hybridized carbons (Fsp3) is 0.385. The Labute approximate surface area is 81.3 Å². The summed E-state index contributed by atoms with van der Waals surface area (Å²) in [6.07, 6.45) is 2.90. The van der Waals surface area contributed by atoms with Gasteiger partial charge in [-0.1, -0.05) is 45.5 Å². The molecule has 0 atom stereocenters. The topological polar surface area (TPSA) is 0 Å². The molecule has 0 saturated heterocycles. The van der Waals surface area contributed by atoms with Gasteiger partial charge in [-0.15, -0.1) is 0 Å². The first-order chi connectivity index (χ1) is 5.95. The zero-order valence-electron chi connectivity index (χ0n) is 8.94. The molecule has 0 nitrogen and oxygen atoms in total. The van der Waals surface area contributed by atoms with Crippen molar-refractivity contribution in [3.8, 4) is 0 Å². The molecule has 0 aromatic heterocycles. The van der Waals surface area contributed by atoms with E-state index >= 15 is 0 Å². The van der Waals surface area contributed by atoms with E-state index in [2.05, 4.69) is 58.5 Å². The Morgan fingerprint density at radius 3 is 2.23 bits per heavy atom. The zero-order chi connectivity index (χ0) is 10.1. The van der Waals surface area contributed by atoms with E-state index in [0.29, 0.717) is 0 Å². The molecule has 0 N–H and O–H groups in total. The second-order valence-corrected chi connectivity index (χ2v) is 4.46. The van der Waals surface area contributed by atoms with Gasteiger partial charge >= 0.3 is 0 Å². The van der Waals surface area contributed by atoms with Crippen LogP contribution in [0.4, 0.5) is 0 Å². The molecule has 69 valence electrons. The molecule has 0 aliphatic heterocycles. The van der Waals surface area contributed by atoms with Crippen molar-refractivity contribution in [2.24, 2.45) is 0 Å². The Morgan fingerprint density at radius 2 is 1.85 bits per heavy atom. The van der Waals surface area contributed by atoms with E-state index in [1.807, 2.05) is 0 Å². The van der Waals surface area contributed by atoms with Crippen molar-refractivity contribution in [3.63, 3.8) is 0 Å². The van der Waals surface area contributed by atoms with Crippen LogP contribution in [0.5, 0.6) is 0 Å². The van der Waals surface area contributed by atoms with Crippen LogP contribution in [0, 0.1) is 13.0 Å². The first-order valence-corrected chi connectivity index (χ1v) is 4.59. The minimum Gasteiger partial charge on any atom is -0.0906 e. The van der Waals surface area contributed by atoms with Crippen molar-refractivity contribution in [1.82, 2.24) is 0 Å². The van der Waals surface area contributed by atoms with E-state index in [1.165, 1.54) is 11.1 Å². The van der Waals surface area contributed by atoms with E-state index in [1.54, 1.807) is 0 Å². The summed E-state index contributed by atoms with van der Waals surface area (Å²) in [5.74, 6) is 0. The highest BCUT2D eigenvalue weighted by atomic mass is 14.2. The monoisotopic (exact) mass is 173 g/mol. The maximum Gasteiger partial charge on any atom is -0.0129 e. The molecule has 0 aliphatic carbocycles. The van der Waals surface area contributed by atoms with Crippen LogP contribution in [0.15, 0.2) is 24.8 Å². The number of aryl methyl sites for hydroxylation is 1. The molecule has 13 heavy (non-hydrogen) atoms. The second kappa shape index (κ2) is 3.37. The molecule has 0 unspecified atom stereocenters. The molecule has 0 spiro atoms. The van der Waals surface area contributed by atoms with Crippen molar-refractivity contribution in [2.75, 3.05) is 0 Å². The minimum absolute atomic E-state index is 0.226. The summed E-state index contributed by atoms with van der Waals surface area (Å²) in [4.78, 5) is 0. The highest BCUT2D eigenvalue weighted by Crippen LogP contribution is 2.25. The van der Waals surface area contributed by atoms with Gasteiger partial charge in [-0.25, -0.2) is 0 Å².